The number of rotatable bonds is 2. The predicted octanol–water partition coefficient (Wildman–Crippen LogP) is 12.0. The van der Waals surface area contributed by atoms with Crippen LogP contribution in [0.4, 0.5) is 0 Å². The highest BCUT2D eigenvalue weighted by atomic mass is 15.0. The Kier molecular flexibility index (Phi) is 5.63. The number of aromatic amines is 1. The molecule has 5 aromatic heterocycles. The summed E-state index contributed by atoms with van der Waals surface area (Å²) in [4.78, 5) is 14.8. The maximum Gasteiger partial charge on any atom is 0.146 e. The summed E-state index contributed by atoms with van der Waals surface area (Å²) in [6.45, 7) is 0. The van der Waals surface area contributed by atoms with Crippen molar-refractivity contribution in [2.24, 2.45) is 0 Å². The minimum Gasteiger partial charge on any atom is -0.353 e. The lowest BCUT2D eigenvalue weighted by Gasteiger charge is -2.08. The van der Waals surface area contributed by atoms with Gasteiger partial charge in [0.25, 0.3) is 0 Å². The molecule has 232 valence electrons. The number of para-hydroxylation sites is 3. The van der Waals surface area contributed by atoms with Crippen LogP contribution in [0.5, 0.6) is 0 Å². The maximum atomic E-state index is 5.48. The lowest BCUT2D eigenvalue weighted by atomic mass is 10.0. The van der Waals surface area contributed by atoms with Crippen LogP contribution in [-0.4, -0.2) is 19.4 Å². The molecule has 0 unspecified atom stereocenters. The molecule has 11 aromatic rings. The van der Waals surface area contributed by atoms with Crippen molar-refractivity contribution < 1.29 is 0 Å². The SMILES string of the molecule is c1ccc(-c2cc3nc(c2)c2cccc4c5cccc(c6ccc7c8ccccc8n(c8cc(-c9ccccc9)cc3c8)c7n6)c5[nH]c24)cc1. The van der Waals surface area contributed by atoms with E-state index in [1.54, 1.807) is 0 Å². The maximum absolute atomic E-state index is 5.48. The number of hydrogen-bond donors (Lipinski definition) is 1. The van der Waals surface area contributed by atoms with Gasteiger partial charge in [-0.05, 0) is 70.8 Å². The van der Waals surface area contributed by atoms with Gasteiger partial charge < -0.3 is 4.98 Å². The van der Waals surface area contributed by atoms with E-state index in [4.69, 9.17) is 9.97 Å². The van der Waals surface area contributed by atoms with Crippen molar-refractivity contribution in [1.82, 2.24) is 19.4 Å². The van der Waals surface area contributed by atoms with E-state index in [-0.39, 0.29) is 0 Å². The van der Waals surface area contributed by atoms with E-state index >= 15 is 0 Å². The van der Waals surface area contributed by atoms with Crippen LogP contribution in [0.3, 0.4) is 0 Å². The smallest absolute Gasteiger partial charge is 0.146 e. The monoisotopic (exact) mass is 636 g/mol. The second-order valence-corrected chi connectivity index (χ2v) is 13.1. The van der Waals surface area contributed by atoms with Crippen molar-refractivity contribution in [3.63, 3.8) is 0 Å². The van der Waals surface area contributed by atoms with Gasteiger partial charge in [0.15, 0.2) is 0 Å². The molecule has 0 fully saturated rings. The minimum atomic E-state index is 0.915. The number of aromatic nitrogens is 4. The van der Waals surface area contributed by atoms with Crippen molar-refractivity contribution in [3.05, 3.63) is 164 Å². The molecule has 0 amide bonds. The lowest BCUT2D eigenvalue weighted by Crippen LogP contribution is -1.90. The molecule has 1 N–H and O–H groups in total. The van der Waals surface area contributed by atoms with Crippen LogP contribution in [0.2, 0.25) is 0 Å². The van der Waals surface area contributed by atoms with Gasteiger partial charge in [-0.25, -0.2) is 9.97 Å². The summed E-state index contributed by atoms with van der Waals surface area (Å²) in [6, 6.07) is 58.6. The van der Waals surface area contributed by atoms with Gasteiger partial charge in [0.2, 0.25) is 0 Å². The summed E-state index contributed by atoms with van der Waals surface area (Å²) in [5.74, 6) is 0. The van der Waals surface area contributed by atoms with Gasteiger partial charge in [0.1, 0.15) is 5.65 Å². The lowest BCUT2D eigenvalue weighted by molar-refractivity contribution is 1.27. The summed E-state index contributed by atoms with van der Waals surface area (Å²) in [7, 11) is 0. The van der Waals surface area contributed by atoms with Crippen molar-refractivity contribution in [1.29, 1.82) is 0 Å². The standard InChI is InChI=1S/C46H28N4/c1-3-11-28(12-4-1)30-23-32-25-33(24-30)50-43-20-8-7-15-34(43)37-21-22-40(48-46(37)50)38-18-9-16-35-36-17-10-19-39(45(36)49-44(35)38)42-27-31(26-41(32)47-42)29-13-5-2-6-14-29/h1-27,49H. The number of fused-ring (bicyclic) bond motifs is 13. The molecule has 5 heterocycles. The summed E-state index contributed by atoms with van der Waals surface area (Å²) >= 11 is 0. The van der Waals surface area contributed by atoms with Crippen molar-refractivity contribution in [2.45, 2.75) is 0 Å². The van der Waals surface area contributed by atoms with E-state index in [1.807, 2.05) is 0 Å². The molecule has 0 aliphatic carbocycles. The van der Waals surface area contributed by atoms with E-state index in [9.17, 15) is 0 Å². The van der Waals surface area contributed by atoms with Crippen LogP contribution in [0.1, 0.15) is 0 Å². The Balaban J connectivity index is 1.46. The molecular weight excluding hydrogens is 609 g/mol. The first-order valence-electron chi connectivity index (χ1n) is 17.0. The Morgan fingerprint density at radius 1 is 0.380 bits per heavy atom. The quantitative estimate of drug-likeness (QED) is 0.205. The normalized spacial score (nSPS) is 12.0. The third-order valence-corrected chi connectivity index (χ3v) is 10.3. The first-order chi connectivity index (χ1) is 24.8. The molecule has 50 heavy (non-hydrogen) atoms. The highest BCUT2D eigenvalue weighted by Gasteiger charge is 2.15. The Labute approximate surface area is 286 Å². The topological polar surface area (TPSA) is 46.0 Å². The van der Waals surface area contributed by atoms with Crippen molar-refractivity contribution in [3.8, 4) is 22.3 Å². The minimum absolute atomic E-state index is 0.915. The molecule has 11 rings (SSSR count). The van der Waals surface area contributed by atoms with Gasteiger partial charge in [-0.15, -0.1) is 0 Å². The van der Waals surface area contributed by atoms with Crippen LogP contribution in [0.25, 0.3) is 104 Å². The second-order valence-electron chi connectivity index (χ2n) is 13.1. The van der Waals surface area contributed by atoms with E-state index in [1.165, 1.54) is 16.2 Å². The number of nitrogens with zero attached hydrogens (tertiary/aromatic N) is 3. The van der Waals surface area contributed by atoms with Gasteiger partial charge in [0, 0.05) is 43.2 Å². The molecule has 0 spiro atoms. The highest BCUT2D eigenvalue weighted by molar-refractivity contribution is 6.21. The molecular formula is C46H28N4. The van der Waals surface area contributed by atoms with Gasteiger partial charge in [-0.3, -0.25) is 4.40 Å². The van der Waals surface area contributed by atoms with Gasteiger partial charge in [-0.1, -0.05) is 115 Å². The van der Waals surface area contributed by atoms with Gasteiger partial charge in [-0.2, -0.15) is 0 Å². The summed E-state index contributed by atoms with van der Waals surface area (Å²) in [5, 5.41) is 7.83. The average Bonchev–Trinajstić information content (AvgIpc) is 3.74. The Bertz CT molecular complexity index is 3190. The molecule has 0 aliphatic rings. The third-order valence-electron chi connectivity index (χ3n) is 10.3. The fraction of sp³-hybridized carbons (Fsp3) is 0. The molecule has 0 radical (unpaired) electrons. The van der Waals surface area contributed by atoms with Gasteiger partial charge >= 0.3 is 0 Å². The first kappa shape index (κ1) is 27.2. The fourth-order valence-corrected chi connectivity index (χ4v) is 7.92. The molecule has 4 heteroatoms. The third kappa shape index (κ3) is 3.99. The summed E-state index contributed by atoms with van der Waals surface area (Å²) in [6.07, 6.45) is 0. The van der Waals surface area contributed by atoms with Crippen LogP contribution >= 0.6 is 0 Å². The number of benzene rings is 6. The number of H-pyrrole nitrogens is 1. The van der Waals surface area contributed by atoms with Crippen LogP contribution < -0.4 is 0 Å². The Morgan fingerprint density at radius 3 is 1.72 bits per heavy atom. The molecule has 6 aromatic carbocycles. The zero-order valence-corrected chi connectivity index (χ0v) is 26.9. The molecule has 8 bridgehead atoms. The van der Waals surface area contributed by atoms with Gasteiger partial charge in [0.05, 0.1) is 33.1 Å². The Hall–Kier alpha value is -6.78. The van der Waals surface area contributed by atoms with Crippen LogP contribution in [-0.2, 0) is 0 Å². The summed E-state index contributed by atoms with van der Waals surface area (Å²) < 4.78 is 2.33. The Morgan fingerprint density at radius 2 is 0.980 bits per heavy atom. The first-order valence-corrected chi connectivity index (χ1v) is 17.0. The van der Waals surface area contributed by atoms with E-state index < -0.39 is 0 Å². The zero-order valence-electron chi connectivity index (χ0n) is 26.9. The van der Waals surface area contributed by atoms with E-state index in [2.05, 4.69) is 173 Å². The zero-order chi connectivity index (χ0) is 32.8. The fourth-order valence-electron chi connectivity index (χ4n) is 7.92. The van der Waals surface area contributed by atoms with E-state index in [0.717, 1.165) is 88.1 Å². The number of pyridine rings is 2. The molecule has 4 nitrogen and oxygen atoms in total. The molecule has 0 saturated heterocycles. The average molecular weight is 637 g/mol. The molecule has 0 atom stereocenters. The van der Waals surface area contributed by atoms with Crippen LogP contribution in [0, 0.1) is 0 Å². The molecule has 0 aliphatic heterocycles. The second kappa shape index (κ2) is 10.4. The largest absolute Gasteiger partial charge is 0.353 e. The highest BCUT2D eigenvalue weighted by Crippen LogP contribution is 2.37. The number of nitrogens with one attached hydrogen (secondary N) is 1. The number of hydrogen-bond acceptors (Lipinski definition) is 2. The predicted molar refractivity (Wildman–Crippen MR) is 210 cm³/mol. The van der Waals surface area contributed by atoms with E-state index in [0.29, 0.717) is 0 Å². The van der Waals surface area contributed by atoms with Crippen molar-refractivity contribution in [2.75, 3.05) is 0 Å². The summed E-state index contributed by atoms with van der Waals surface area (Å²) in [5.41, 5.74) is 12.6. The molecule has 0 saturated carbocycles. The van der Waals surface area contributed by atoms with Crippen molar-refractivity contribution >= 4 is 82.0 Å². The van der Waals surface area contributed by atoms with Crippen LogP contribution in [0.15, 0.2) is 164 Å².